The monoisotopic (exact) mass is 454 g/mol. The zero-order chi connectivity index (χ0) is 24.7. The van der Waals surface area contributed by atoms with Gasteiger partial charge >= 0.3 is 0 Å². The van der Waals surface area contributed by atoms with Crippen molar-refractivity contribution < 1.29 is 4.39 Å². The summed E-state index contributed by atoms with van der Waals surface area (Å²) in [5.41, 5.74) is 7.21. The third kappa shape index (κ3) is 6.08. The molecule has 0 aliphatic heterocycles. The molecule has 34 heavy (non-hydrogen) atoms. The summed E-state index contributed by atoms with van der Waals surface area (Å²) in [7, 11) is 0. The van der Waals surface area contributed by atoms with Crippen LogP contribution in [0.2, 0.25) is 0 Å². The van der Waals surface area contributed by atoms with Crippen molar-refractivity contribution >= 4 is 11.4 Å². The molecule has 1 aliphatic carbocycles. The van der Waals surface area contributed by atoms with Crippen LogP contribution in [0.25, 0.3) is 16.8 Å². The molecule has 1 N–H and O–H groups in total. The summed E-state index contributed by atoms with van der Waals surface area (Å²) < 4.78 is 15.2. The first-order chi connectivity index (χ1) is 16.3. The summed E-state index contributed by atoms with van der Waals surface area (Å²) in [5.74, 6) is 2.50. The summed E-state index contributed by atoms with van der Waals surface area (Å²) in [5, 5.41) is 3.29. The largest absolute Gasteiger partial charge is 0.380 e. The van der Waals surface area contributed by atoms with E-state index in [0.29, 0.717) is 18.3 Å². The third-order valence-corrected chi connectivity index (χ3v) is 6.26. The average molecular weight is 455 g/mol. The number of anilines is 1. The van der Waals surface area contributed by atoms with Crippen LogP contribution >= 0.6 is 0 Å². The molecule has 2 nitrogen and oxygen atoms in total. The van der Waals surface area contributed by atoms with E-state index in [1.807, 2.05) is 62.4 Å². The van der Waals surface area contributed by atoms with Crippen LogP contribution in [0.5, 0.6) is 0 Å². The summed E-state index contributed by atoms with van der Waals surface area (Å²) in [4.78, 5) is 2.10. The smallest absolute Gasteiger partial charge is 0.147 e. The second-order valence-electron chi connectivity index (χ2n) is 9.03. The summed E-state index contributed by atoms with van der Waals surface area (Å²) in [6.07, 6.45) is 13.7. The van der Waals surface area contributed by atoms with Gasteiger partial charge in [-0.1, -0.05) is 68.0 Å². The summed E-state index contributed by atoms with van der Waals surface area (Å²) in [6, 6.07) is 13.8. The fourth-order valence-electron chi connectivity index (χ4n) is 3.92. The van der Waals surface area contributed by atoms with Gasteiger partial charge in [0.15, 0.2) is 0 Å². The Balaban J connectivity index is 1.72. The van der Waals surface area contributed by atoms with Crippen LogP contribution in [0.15, 0.2) is 84.6 Å². The molecule has 176 valence electrons. The van der Waals surface area contributed by atoms with Gasteiger partial charge in [0, 0.05) is 29.6 Å². The minimum Gasteiger partial charge on any atom is -0.380 e. The zero-order valence-corrected chi connectivity index (χ0v) is 20.6. The Bertz CT molecular complexity index is 1140. The number of nitrogens with one attached hydrogen (secondary N) is 1. The van der Waals surface area contributed by atoms with Crippen molar-refractivity contribution in [2.75, 3.05) is 11.4 Å². The number of nitrogens with zero attached hydrogens (tertiary/aromatic N) is 1. The Morgan fingerprint density at radius 3 is 2.32 bits per heavy atom. The molecule has 0 aromatic heterocycles. The van der Waals surface area contributed by atoms with Crippen molar-refractivity contribution in [3.63, 3.8) is 0 Å². The molecular formula is C31H35FN2. The van der Waals surface area contributed by atoms with E-state index < -0.39 is 0 Å². The van der Waals surface area contributed by atoms with Crippen molar-refractivity contribution in [2.24, 2.45) is 0 Å². The highest BCUT2D eigenvalue weighted by molar-refractivity contribution is 5.71. The van der Waals surface area contributed by atoms with Gasteiger partial charge in [-0.25, -0.2) is 4.39 Å². The van der Waals surface area contributed by atoms with Crippen molar-refractivity contribution in [2.45, 2.75) is 52.5 Å². The molecule has 0 radical (unpaired) electrons. The SMILES string of the molecule is C#C/C(=C\C=C(C)C)CNC(=C)c1ccc(-c2ccc(N(C(=C)CC)C3CCC3)c(F)c2)cc1. The van der Waals surface area contributed by atoms with Gasteiger partial charge in [-0.3, -0.25) is 0 Å². The van der Waals surface area contributed by atoms with Gasteiger partial charge in [0.25, 0.3) is 0 Å². The topological polar surface area (TPSA) is 15.3 Å². The Morgan fingerprint density at radius 1 is 1.12 bits per heavy atom. The van der Waals surface area contributed by atoms with E-state index in [1.54, 1.807) is 6.07 Å². The number of hydrogen-bond donors (Lipinski definition) is 1. The van der Waals surface area contributed by atoms with Gasteiger partial charge in [-0.2, -0.15) is 0 Å². The van der Waals surface area contributed by atoms with E-state index in [0.717, 1.165) is 52.9 Å². The summed E-state index contributed by atoms with van der Waals surface area (Å²) >= 11 is 0. The number of hydrogen-bond acceptors (Lipinski definition) is 2. The van der Waals surface area contributed by atoms with Crippen LogP contribution in [-0.4, -0.2) is 12.6 Å². The highest BCUT2D eigenvalue weighted by Gasteiger charge is 2.28. The van der Waals surface area contributed by atoms with Crippen LogP contribution in [0.3, 0.4) is 0 Å². The van der Waals surface area contributed by atoms with Crippen molar-refractivity contribution in [3.05, 3.63) is 96.0 Å². The van der Waals surface area contributed by atoms with Gasteiger partial charge in [0.05, 0.1) is 5.69 Å². The van der Waals surface area contributed by atoms with Crippen LogP contribution in [0, 0.1) is 18.2 Å². The Labute approximate surface area is 204 Å². The average Bonchev–Trinajstić information content (AvgIpc) is 2.81. The van der Waals surface area contributed by atoms with Crippen molar-refractivity contribution in [1.82, 2.24) is 5.32 Å². The van der Waals surface area contributed by atoms with Crippen molar-refractivity contribution in [3.8, 4) is 23.5 Å². The number of halogens is 1. The maximum atomic E-state index is 15.2. The van der Waals surface area contributed by atoms with Gasteiger partial charge < -0.3 is 10.2 Å². The fourth-order valence-corrected chi connectivity index (χ4v) is 3.92. The number of terminal acetylenes is 1. The lowest BCUT2D eigenvalue weighted by molar-refractivity contribution is 0.397. The normalized spacial score (nSPS) is 13.4. The molecule has 3 heteroatoms. The maximum Gasteiger partial charge on any atom is 0.147 e. The first kappa shape index (κ1) is 25.1. The lowest BCUT2D eigenvalue weighted by atomic mass is 9.90. The second-order valence-corrected chi connectivity index (χ2v) is 9.03. The van der Waals surface area contributed by atoms with Crippen LogP contribution in [0.1, 0.15) is 52.0 Å². The zero-order valence-electron chi connectivity index (χ0n) is 20.6. The predicted octanol–water partition coefficient (Wildman–Crippen LogP) is 7.86. The molecule has 2 aromatic carbocycles. The molecule has 0 unspecified atom stereocenters. The fraction of sp³-hybridized carbons (Fsp3) is 0.290. The summed E-state index contributed by atoms with van der Waals surface area (Å²) in [6.45, 7) is 15.0. The molecular weight excluding hydrogens is 419 g/mol. The molecule has 1 aliphatic rings. The molecule has 0 spiro atoms. The van der Waals surface area contributed by atoms with E-state index in [-0.39, 0.29) is 5.82 Å². The van der Waals surface area contributed by atoms with Gasteiger partial charge in [0.1, 0.15) is 5.82 Å². The first-order valence-corrected chi connectivity index (χ1v) is 11.9. The quantitative estimate of drug-likeness (QED) is 0.290. The molecule has 0 bridgehead atoms. The van der Waals surface area contributed by atoms with E-state index in [2.05, 4.69) is 36.2 Å². The highest BCUT2D eigenvalue weighted by atomic mass is 19.1. The van der Waals surface area contributed by atoms with E-state index in [1.165, 1.54) is 12.0 Å². The second kappa shape index (κ2) is 11.6. The highest BCUT2D eigenvalue weighted by Crippen LogP contribution is 2.36. The van der Waals surface area contributed by atoms with Crippen LogP contribution < -0.4 is 10.2 Å². The molecule has 2 aromatic rings. The molecule has 0 saturated heterocycles. The van der Waals surface area contributed by atoms with E-state index in [4.69, 9.17) is 6.42 Å². The molecule has 3 rings (SSSR count). The van der Waals surface area contributed by atoms with Gasteiger partial charge in [-0.15, -0.1) is 6.42 Å². The number of rotatable bonds is 10. The van der Waals surface area contributed by atoms with E-state index >= 15 is 4.39 Å². The Hall–Kier alpha value is -3.51. The van der Waals surface area contributed by atoms with Crippen LogP contribution in [-0.2, 0) is 0 Å². The number of benzene rings is 2. The molecule has 0 heterocycles. The van der Waals surface area contributed by atoms with Crippen LogP contribution in [0.4, 0.5) is 10.1 Å². The molecule has 0 atom stereocenters. The Morgan fingerprint density at radius 2 is 1.79 bits per heavy atom. The minimum atomic E-state index is -0.209. The number of allylic oxidation sites excluding steroid dienone is 4. The molecule has 1 fully saturated rings. The Kier molecular flexibility index (Phi) is 8.55. The molecule has 0 amide bonds. The minimum absolute atomic E-state index is 0.209. The van der Waals surface area contributed by atoms with Crippen molar-refractivity contribution in [1.29, 1.82) is 0 Å². The van der Waals surface area contributed by atoms with Gasteiger partial charge in [0.2, 0.25) is 0 Å². The maximum absolute atomic E-state index is 15.2. The third-order valence-electron chi connectivity index (χ3n) is 6.26. The van der Waals surface area contributed by atoms with Gasteiger partial charge in [-0.05, 0) is 74.4 Å². The predicted molar refractivity (Wildman–Crippen MR) is 145 cm³/mol. The first-order valence-electron chi connectivity index (χ1n) is 11.9. The molecule has 1 saturated carbocycles. The standard InChI is InChI=1S/C31H35FN2/c1-7-23(5)34(29-10-9-11-29)31-19-18-28(20-30(31)32)27-16-14-26(15-17-27)24(6)33-21-25(8-2)13-12-22(3)4/h2,12-20,29,33H,5-7,9-11,21H2,1,3-4H3/b25-13+. The lowest BCUT2D eigenvalue weighted by Crippen LogP contribution is -2.39. The van der Waals surface area contributed by atoms with E-state index in [9.17, 15) is 0 Å². The lowest BCUT2D eigenvalue weighted by Gasteiger charge is -2.40.